The Morgan fingerprint density at radius 2 is 1.84 bits per heavy atom. The largest absolute Gasteiger partial charge is 0.489 e. The van der Waals surface area contributed by atoms with E-state index in [2.05, 4.69) is 13.8 Å². The Labute approximate surface area is 114 Å². The van der Waals surface area contributed by atoms with E-state index in [0.717, 1.165) is 17.1 Å². The topological polar surface area (TPSA) is 38.7 Å². The van der Waals surface area contributed by atoms with Crippen LogP contribution in [0.4, 0.5) is 0 Å². The summed E-state index contributed by atoms with van der Waals surface area (Å²) in [5.74, 6) is 2.96. The lowest BCUT2D eigenvalue weighted by molar-refractivity contribution is 0.105. The van der Waals surface area contributed by atoms with Crippen molar-refractivity contribution in [2.75, 3.05) is 13.2 Å². The number of aliphatic hydroxyl groups excluding tert-OH is 1. The van der Waals surface area contributed by atoms with Crippen molar-refractivity contribution in [1.82, 2.24) is 0 Å². The van der Waals surface area contributed by atoms with Gasteiger partial charge in [-0.15, -0.1) is 0 Å². The maximum absolute atomic E-state index is 10.4. The number of hydrogen-bond acceptors (Lipinski definition) is 3. The molecule has 0 spiro atoms. The predicted octanol–water partition coefficient (Wildman–Crippen LogP) is 3.17. The number of aliphatic hydroxyl groups is 1. The van der Waals surface area contributed by atoms with Crippen LogP contribution in [0, 0.1) is 17.8 Å². The van der Waals surface area contributed by atoms with Gasteiger partial charge in [0.05, 0.1) is 19.3 Å². The van der Waals surface area contributed by atoms with Crippen LogP contribution in [-0.4, -0.2) is 18.3 Å². The van der Waals surface area contributed by atoms with Gasteiger partial charge in [0.2, 0.25) is 0 Å². The smallest absolute Gasteiger partial charge is 0.161 e. The first-order valence-electron chi connectivity index (χ1n) is 7.22. The van der Waals surface area contributed by atoms with Crippen molar-refractivity contribution in [2.45, 2.75) is 32.8 Å². The average molecular weight is 262 g/mol. The van der Waals surface area contributed by atoms with Crippen LogP contribution >= 0.6 is 0 Å². The summed E-state index contributed by atoms with van der Waals surface area (Å²) in [5, 5.41) is 10.4. The lowest BCUT2D eigenvalue weighted by Crippen LogP contribution is -2.12. The van der Waals surface area contributed by atoms with Crippen LogP contribution in [0.25, 0.3) is 0 Å². The second-order valence-electron chi connectivity index (χ2n) is 6.07. The Morgan fingerprint density at radius 3 is 2.53 bits per heavy atom. The van der Waals surface area contributed by atoms with Crippen LogP contribution < -0.4 is 9.47 Å². The van der Waals surface area contributed by atoms with E-state index >= 15 is 0 Å². The predicted molar refractivity (Wildman–Crippen MR) is 73.4 cm³/mol. The molecular formula is C16H22O3. The van der Waals surface area contributed by atoms with Gasteiger partial charge in [-0.05, 0) is 42.4 Å². The van der Waals surface area contributed by atoms with E-state index in [0.29, 0.717) is 31.0 Å². The molecule has 0 amide bonds. The van der Waals surface area contributed by atoms with Crippen molar-refractivity contribution < 1.29 is 14.6 Å². The molecule has 104 valence electrons. The molecule has 3 unspecified atom stereocenters. The molecule has 0 radical (unpaired) electrons. The van der Waals surface area contributed by atoms with E-state index in [1.807, 2.05) is 18.2 Å². The molecule has 0 saturated heterocycles. The lowest BCUT2D eigenvalue weighted by Gasteiger charge is -2.19. The Hall–Kier alpha value is -1.22. The van der Waals surface area contributed by atoms with Crippen LogP contribution in [0.1, 0.15) is 38.4 Å². The second-order valence-corrected chi connectivity index (χ2v) is 6.07. The van der Waals surface area contributed by atoms with Crippen LogP contribution in [-0.2, 0) is 0 Å². The zero-order valence-corrected chi connectivity index (χ0v) is 11.6. The average Bonchev–Trinajstić information content (AvgIpc) is 3.25. The highest BCUT2D eigenvalue weighted by atomic mass is 16.5. The van der Waals surface area contributed by atoms with Crippen LogP contribution in [0.3, 0.4) is 0 Å². The van der Waals surface area contributed by atoms with E-state index in [1.54, 1.807) is 0 Å². The van der Waals surface area contributed by atoms with Crippen molar-refractivity contribution in [3.8, 4) is 11.5 Å². The van der Waals surface area contributed by atoms with Gasteiger partial charge in [-0.3, -0.25) is 0 Å². The quantitative estimate of drug-likeness (QED) is 0.909. The van der Waals surface area contributed by atoms with Gasteiger partial charge in [0.25, 0.3) is 0 Å². The maximum Gasteiger partial charge on any atom is 0.161 e. The second kappa shape index (κ2) is 5.04. The molecule has 1 fully saturated rings. The molecular weight excluding hydrogens is 240 g/mol. The van der Waals surface area contributed by atoms with E-state index < -0.39 is 6.10 Å². The normalized spacial score (nSPS) is 25.5. The molecule has 3 rings (SSSR count). The highest BCUT2D eigenvalue weighted by molar-refractivity contribution is 5.44. The van der Waals surface area contributed by atoms with E-state index in [9.17, 15) is 5.11 Å². The first-order chi connectivity index (χ1) is 9.15. The number of hydrogen-bond donors (Lipinski definition) is 1. The number of benzene rings is 1. The highest BCUT2D eigenvalue weighted by Gasteiger charge is 2.33. The van der Waals surface area contributed by atoms with Crippen LogP contribution in [0.2, 0.25) is 0 Å². The highest BCUT2D eigenvalue weighted by Crippen LogP contribution is 2.43. The third-order valence-corrected chi connectivity index (χ3v) is 4.22. The van der Waals surface area contributed by atoms with Gasteiger partial charge >= 0.3 is 0 Å². The maximum atomic E-state index is 10.4. The van der Waals surface area contributed by atoms with Crippen molar-refractivity contribution in [3.63, 3.8) is 0 Å². The van der Waals surface area contributed by atoms with Gasteiger partial charge in [-0.25, -0.2) is 0 Å². The minimum Gasteiger partial charge on any atom is -0.489 e. The summed E-state index contributed by atoms with van der Waals surface area (Å²) in [4.78, 5) is 0. The van der Waals surface area contributed by atoms with E-state index in [-0.39, 0.29) is 0 Å². The zero-order valence-electron chi connectivity index (χ0n) is 11.6. The summed E-state index contributed by atoms with van der Waals surface area (Å²) >= 11 is 0. The summed E-state index contributed by atoms with van der Waals surface area (Å²) in [6.45, 7) is 5.60. The SMILES string of the molecule is CC1COc2ccc(C(O)C(C)C3CC3)cc2OC1. The first kappa shape index (κ1) is 12.8. The van der Waals surface area contributed by atoms with Gasteiger partial charge in [-0.1, -0.05) is 19.9 Å². The molecule has 0 bridgehead atoms. The fraction of sp³-hybridized carbons (Fsp3) is 0.625. The summed E-state index contributed by atoms with van der Waals surface area (Å²) in [6, 6.07) is 5.82. The Balaban J connectivity index is 1.80. The molecule has 1 N–H and O–H groups in total. The van der Waals surface area contributed by atoms with Crippen LogP contribution in [0.15, 0.2) is 18.2 Å². The lowest BCUT2D eigenvalue weighted by atomic mass is 9.93. The van der Waals surface area contributed by atoms with Gasteiger partial charge in [0.15, 0.2) is 11.5 Å². The van der Waals surface area contributed by atoms with Crippen molar-refractivity contribution >= 4 is 0 Å². The molecule has 1 aromatic carbocycles. The Morgan fingerprint density at radius 1 is 1.16 bits per heavy atom. The molecule has 1 aliphatic carbocycles. The minimum atomic E-state index is -0.401. The molecule has 3 nitrogen and oxygen atoms in total. The number of rotatable bonds is 3. The minimum absolute atomic E-state index is 0.323. The van der Waals surface area contributed by atoms with Gasteiger partial charge in [-0.2, -0.15) is 0 Å². The molecule has 2 aliphatic rings. The summed E-state index contributed by atoms with van der Waals surface area (Å²) < 4.78 is 11.5. The Kier molecular flexibility index (Phi) is 3.40. The van der Waals surface area contributed by atoms with Gasteiger partial charge in [0, 0.05) is 5.92 Å². The molecule has 1 heterocycles. The molecule has 3 heteroatoms. The monoisotopic (exact) mass is 262 g/mol. The van der Waals surface area contributed by atoms with Gasteiger partial charge < -0.3 is 14.6 Å². The van der Waals surface area contributed by atoms with Crippen LogP contribution in [0.5, 0.6) is 11.5 Å². The molecule has 1 saturated carbocycles. The molecule has 1 aromatic rings. The van der Waals surface area contributed by atoms with Crippen molar-refractivity contribution in [3.05, 3.63) is 23.8 Å². The summed E-state index contributed by atoms with van der Waals surface area (Å²) in [5.41, 5.74) is 0.941. The third kappa shape index (κ3) is 2.71. The molecule has 1 aliphatic heterocycles. The first-order valence-corrected chi connectivity index (χ1v) is 7.22. The molecule has 19 heavy (non-hydrogen) atoms. The number of fused-ring (bicyclic) bond motifs is 1. The third-order valence-electron chi connectivity index (χ3n) is 4.22. The van der Waals surface area contributed by atoms with Gasteiger partial charge in [0.1, 0.15) is 0 Å². The fourth-order valence-corrected chi connectivity index (χ4v) is 2.64. The summed E-state index contributed by atoms with van der Waals surface area (Å²) in [6.07, 6.45) is 2.10. The van der Waals surface area contributed by atoms with E-state index in [1.165, 1.54) is 12.8 Å². The summed E-state index contributed by atoms with van der Waals surface area (Å²) in [7, 11) is 0. The molecule has 3 atom stereocenters. The van der Waals surface area contributed by atoms with E-state index in [4.69, 9.17) is 9.47 Å². The van der Waals surface area contributed by atoms with Crippen molar-refractivity contribution in [1.29, 1.82) is 0 Å². The Bertz CT molecular complexity index is 453. The van der Waals surface area contributed by atoms with Crippen molar-refractivity contribution in [2.24, 2.45) is 17.8 Å². The fourth-order valence-electron chi connectivity index (χ4n) is 2.64. The standard InChI is InChI=1S/C16H22O3/c1-10-8-18-14-6-5-13(7-15(14)19-9-10)16(17)11(2)12-3-4-12/h5-7,10-12,16-17H,3-4,8-9H2,1-2H3. The molecule has 0 aromatic heterocycles. The number of ether oxygens (including phenoxy) is 2. The zero-order chi connectivity index (χ0) is 13.4.